The molecule has 6 nitrogen and oxygen atoms in total. The van der Waals surface area contributed by atoms with Crippen LogP contribution in [-0.2, 0) is 17.8 Å². The lowest BCUT2D eigenvalue weighted by Crippen LogP contribution is -2.42. The number of para-hydroxylation sites is 1. The van der Waals surface area contributed by atoms with E-state index in [0.717, 1.165) is 37.5 Å². The van der Waals surface area contributed by atoms with Crippen LogP contribution >= 0.6 is 0 Å². The Morgan fingerprint density at radius 3 is 2.88 bits per heavy atom. The minimum atomic E-state index is -0.360. The number of amides is 1. The number of fused-ring (bicyclic) bond motifs is 1. The van der Waals surface area contributed by atoms with Crippen molar-refractivity contribution < 1.29 is 9.18 Å². The van der Waals surface area contributed by atoms with Crippen LogP contribution in [0.3, 0.4) is 0 Å². The number of rotatable bonds is 4. The van der Waals surface area contributed by atoms with Gasteiger partial charge in [-0.2, -0.15) is 5.10 Å². The van der Waals surface area contributed by atoms with E-state index in [1.54, 1.807) is 18.2 Å². The van der Waals surface area contributed by atoms with Gasteiger partial charge >= 0.3 is 0 Å². The number of anilines is 1. The van der Waals surface area contributed by atoms with Crippen LogP contribution in [0.25, 0.3) is 0 Å². The molecular weight excluding hydrogens is 321 g/mol. The maximum absolute atomic E-state index is 14.0. The fourth-order valence-corrected chi connectivity index (χ4v) is 3.69. The molecule has 0 spiro atoms. The molecule has 4 rings (SSSR count). The number of nitrogens with one attached hydrogen (secondary N) is 1. The smallest absolute Gasteiger partial charge is 0.244 e. The Morgan fingerprint density at radius 2 is 2.08 bits per heavy atom. The second-order valence-corrected chi connectivity index (χ2v) is 6.61. The zero-order chi connectivity index (χ0) is 17.4. The molecule has 0 bridgehead atoms. The molecule has 1 N–H and O–H groups in total. The number of carbonyl (C=O) groups excluding carboxylic acids is 1. The molecular formula is C18H22FN5O. The predicted molar refractivity (Wildman–Crippen MR) is 91.7 cm³/mol. The van der Waals surface area contributed by atoms with Crippen molar-refractivity contribution in [2.24, 2.45) is 0 Å². The summed E-state index contributed by atoms with van der Waals surface area (Å²) in [5, 5.41) is 7.95. The van der Waals surface area contributed by atoms with E-state index in [0.29, 0.717) is 18.7 Å². The van der Waals surface area contributed by atoms with Gasteiger partial charge in [-0.1, -0.05) is 19.1 Å². The van der Waals surface area contributed by atoms with Crippen molar-refractivity contribution >= 4 is 11.6 Å². The van der Waals surface area contributed by atoms with Gasteiger partial charge in [-0.05, 0) is 31.4 Å². The van der Waals surface area contributed by atoms with Gasteiger partial charge in [-0.25, -0.2) is 14.1 Å². The topological polar surface area (TPSA) is 63.1 Å². The zero-order valence-electron chi connectivity index (χ0n) is 14.3. The molecule has 2 aliphatic rings. The highest BCUT2D eigenvalue weighted by Gasteiger charge is 2.36. The van der Waals surface area contributed by atoms with Gasteiger partial charge in [0.05, 0.1) is 17.8 Å². The van der Waals surface area contributed by atoms with E-state index in [-0.39, 0.29) is 23.8 Å². The first-order valence-corrected chi connectivity index (χ1v) is 8.93. The number of hydrogen-bond donors (Lipinski definition) is 1. The highest BCUT2D eigenvalue weighted by Crippen LogP contribution is 2.28. The van der Waals surface area contributed by atoms with E-state index in [1.807, 2.05) is 11.6 Å². The van der Waals surface area contributed by atoms with Gasteiger partial charge in [0.2, 0.25) is 5.91 Å². The summed E-state index contributed by atoms with van der Waals surface area (Å²) in [4.78, 5) is 18.9. The summed E-state index contributed by atoms with van der Waals surface area (Å²) < 4.78 is 16.0. The second kappa shape index (κ2) is 6.55. The van der Waals surface area contributed by atoms with Crippen molar-refractivity contribution in [3.05, 3.63) is 41.7 Å². The minimum Gasteiger partial charge on any atom is -0.308 e. The summed E-state index contributed by atoms with van der Waals surface area (Å²) in [6.07, 6.45) is 3.41. The van der Waals surface area contributed by atoms with Gasteiger partial charge in [0, 0.05) is 19.5 Å². The Labute approximate surface area is 146 Å². The van der Waals surface area contributed by atoms with Gasteiger partial charge in [0.15, 0.2) is 5.82 Å². The molecule has 7 heteroatoms. The number of aryl methyl sites for hydroxylation is 2. The van der Waals surface area contributed by atoms with Gasteiger partial charge in [0.1, 0.15) is 11.6 Å². The first kappa shape index (κ1) is 16.2. The third kappa shape index (κ3) is 2.93. The average Bonchev–Trinajstić information content (AvgIpc) is 3.20. The first-order valence-electron chi connectivity index (χ1n) is 8.93. The molecule has 2 aromatic rings. The second-order valence-electron chi connectivity index (χ2n) is 6.61. The Kier molecular flexibility index (Phi) is 4.25. The number of aromatic nitrogens is 3. The molecule has 0 saturated carbocycles. The highest BCUT2D eigenvalue weighted by atomic mass is 19.1. The fraction of sp³-hybridized carbons (Fsp3) is 0.500. The summed E-state index contributed by atoms with van der Waals surface area (Å²) in [5.74, 6) is 1.33. The van der Waals surface area contributed by atoms with E-state index >= 15 is 0 Å². The van der Waals surface area contributed by atoms with Gasteiger partial charge in [-0.3, -0.25) is 10.1 Å². The molecule has 2 atom stereocenters. The van der Waals surface area contributed by atoms with Crippen LogP contribution in [0.4, 0.5) is 10.1 Å². The van der Waals surface area contributed by atoms with Crippen LogP contribution in [0.5, 0.6) is 0 Å². The van der Waals surface area contributed by atoms with Gasteiger partial charge < -0.3 is 4.90 Å². The van der Waals surface area contributed by atoms with E-state index in [4.69, 9.17) is 0 Å². The largest absolute Gasteiger partial charge is 0.308 e. The average molecular weight is 343 g/mol. The zero-order valence-corrected chi connectivity index (χ0v) is 14.3. The van der Waals surface area contributed by atoms with E-state index < -0.39 is 0 Å². The van der Waals surface area contributed by atoms with Crippen molar-refractivity contribution in [2.45, 2.75) is 51.2 Å². The molecule has 1 amide bonds. The number of carbonyl (C=O) groups is 1. The summed E-state index contributed by atoms with van der Waals surface area (Å²) >= 11 is 0. The summed E-state index contributed by atoms with van der Waals surface area (Å²) in [7, 11) is 0. The number of nitrogens with zero attached hydrogens (tertiary/aromatic N) is 4. The number of benzene rings is 1. The van der Waals surface area contributed by atoms with Crippen LogP contribution in [0, 0.1) is 5.82 Å². The van der Waals surface area contributed by atoms with E-state index in [9.17, 15) is 9.18 Å². The lowest BCUT2D eigenvalue weighted by Gasteiger charge is -2.26. The molecule has 1 aromatic heterocycles. The lowest BCUT2D eigenvalue weighted by molar-refractivity contribution is -0.119. The Hall–Kier alpha value is -2.28. The first-order chi connectivity index (χ1) is 12.2. The molecule has 132 valence electrons. The Bertz CT molecular complexity index is 790. The number of hydrogen-bond acceptors (Lipinski definition) is 4. The summed E-state index contributed by atoms with van der Waals surface area (Å²) in [5.41, 5.74) is 0.358. The SMILES string of the molecule is CCc1nc2n(n1)CCCC2NC1CCN(c2ccccc2F)C1=O. The molecule has 1 saturated heterocycles. The highest BCUT2D eigenvalue weighted by molar-refractivity contribution is 5.99. The Morgan fingerprint density at radius 1 is 1.24 bits per heavy atom. The van der Waals surface area contributed by atoms with Crippen LogP contribution in [0.1, 0.15) is 43.9 Å². The van der Waals surface area contributed by atoms with Crippen LogP contribution in [0.2, 0.25) is 0 Å². The molecule has 1 aromatic carbocycles. The maximum atomic E-state index is 14.0. The van der Waals surface area contributed by atoms with Crippen LogP contribution in [-0.4, -0.2) is 33.3 Å². The monoisotopic (exact) mass is 343 g/mol. The summed E-state index contributed by atoms with van der Waals surface area (Å²) in [6.45, 7) is 3.44. The fourth-order valence-electron chi connectivity index (χ4n) is 3.69. The predicted octanol–water partition coefficient (Wildman–Crippen LogP) is 2.21. The standard InChI is InChI=1S/C18H22FN5O/c1-2-16-21-17-13(7-5-10-24(17)22-16)20-14-9-11-23(18(14)25)15-8-4-3-6-12(15)19/h3-4,6,8,13-14,20H,2,5,7,9-11H2,1H3. The third-order valence-corrected chi connectivity index (χ3v) is 4.99. The quantitative estimate of drug-likeness (QED) is 0.924. The Balaban J connectivity index is 1.51. The van der Waals surface area contributed by atoms with Crippen molar-refractivity contribution in [2.75, 3.05) is 11.4 Å². The van der Waals surface area contributed by atoms with Gasteiger partial charge in [-0.15, -0.1) is 0 Å². The van der Waals surface area contributed by atoms with E-state index in [2.05, 4.69) is 15.4 Å². The van der Waals surface area contributed by atoms with E-state index in [1.165, 1.54) is 11.0 Å². The van der Waals surface area contributed by atoms with Crippen molar-refractivity contribution in [1.29, 1.82) is 0 Å². The molecule has 25 heavy (non-hydrogen) atoms. The summed E-state index contributed by atoms with van der Waals surface area (Å²) in [6, 6.07) is 6.14. The van der Waals surface area contributed by atoms with Crippen molar-refractivity contribution in [3.63, 3.8) is 0 Å². The molecule has 0 aliphatic carbocycles. The van der Waals surface area contributed by atoms with Crippen LogP contribution in [0.15, 0.2) is 24.3 Å². The maximum Gasteiger partial charge on any atom is 0.244 e. The molecule has 0 radical (unpaired) electrons. The molecule has 2 unspecified atom stereocenters. The van der Waals surface area contributed by atoms with Crippen molar-refractivity contribution in [3.8, 4) is 0 Å². The lowest BCUT2D eigenvalue weighted by atomic mass is 10.1. The molecule has 1 fully saturated rings. The van der Waals surface area contributed by atoms with Crippen molar-refractivity contribution in [1.82, 2.24) is 20.1 Å². The normalized spacial score (nSPS) is 23.1. The van der Waals surface area contributed by atoms with Crippen LogP contribution < -0.4 is 10.2 Å². The molecule has 3 heterocycles. The number of halogens is 1. The molecule has 2 aliphatic heterocycles. The minimum absolute atomic E-state index is 0.0241. The van der Waals surface area contributed by atoms with Gasteiger partial charge in [0.25, 0.3) is 0 Å². The third-order valence-electron chi connectivity index (χ3n) is 4.99.